The summed E-state index contributed by atoms with van der Waals surface area (Å²) in [6, 6.07) is 5.32. The molecule has 62 valence electrons. The Kier molecular flexibility index (Phi) is 1.71. The molecule has 0 unspecified atom stereocenters. The summed E-state index contributed by atoms with van der Waals surface area (Å²) >= 11 is 1.05. The molecule has 1 aromatic carbocycles. The van der Waals surface area contributed by atoms with E-state index in [4.69, 9.17) is 9.52 Å². The summed E-state index contributed by atoms with van der Waals surface area (Å²) < 4.78 is 5.68. The van der Waals surface area contributed by atoms with Gasteiger partial charge in [-0.2, -0.15) is 0 Å². The number of aliphatic hydroxyl groups excluding tert-OH is 1. The lowest BCUT2D eigenvalue weighted by Crippen LogP contribution is -1.84. The zero-order chi connectivity index (χ0) is 8.55. The maximum Gasteiger partial charge on any atom is 0.396 e. The second-order valence-electron chi connectivity index (χ2n) is 2.36. The normalized spacial score (nSPS) is 10.8. The Morgan fingerprint density at radius 1 is 1.50 bits per heavy atom. The van der Waals surface area contributed by atoms with Crippen LogP contribution in [0.1, 0.15) is 5.56 Å². The highest BCUT2D eigenvalue weighted by atomic mass is 32.1. The van der Waals surface area contributed by atoms with Gasteiger partial charge in [0.1, 0.15) is 0 Å². The van der Waals surface area contributed by atoms with Crippen LogP contribution in [0.4, 0.5) is 0 Å². The minimum absolute atomic E-state index is 0.100. The van der Waals surface area contributed by atoms with Crippen molar-refractivity contribution in [2.75, 3.05) is 0 Å². The summed E-state index contributed by atoms with van der Waals surface area (Å²) in [4.78, 5) is 10.5. The molecule has 0 amide bonds. The first kappa shape index (κ1) is 7.52. The van der Waals surface area contributed by atoms with E-state index in [2.05, 4.69) is 0 Å². The van der Waals surface area contributed by atoms with Crippen molar-refractivity contribution in [1.82, 2.24) is 0 Å². The van der Waals surface area contributed by atoms with E-state index in [1.54, 1.807) is 18.2 Å². The molecule has 0 aliphatic rings. The van der Waals surface area contributed by atoms with Crippen LogP contribution in [0.3, 0.4) is 0 Å². The van der Waals surface area contributed by atoms with Gasteiger partial charge < -0.3 is 9.52 Å². The third-order valence-corrected chi connectivity index (χ3v) is 2.40. The van der Waals surface area contributed by atoms with Crippen molar-refractivity contribution >= 4 is 21.6 Å². The Balaban J connectivity index is 2.87. The molecule has 0 bridgehead atoms. The summed E-state index contributed by atoms with van der Waals surface area (Å²) in [6.45, 7) is -0.100. The van der Waals surface area contributed by atoms with E-state index in [1.807, 2.05) is 0 Å². The molecular formula is C8H6O3S. The van der Waals surface area contributed by atoms with Crippen molar-refractivity contribution in [3.63, 3.8) is 0 Å². The zero-order valence-corrected chi connectivity index (χ0v) is 6.93. The number of hydrogen-bond acceptors (Lipinski definition) is 4. The van der Waals surface area contributed by atoms with Crippen LogP contribution in [-0.4, -0.2) is 5.11 Å². The van der Waals surface area contributed by atoms with Crippen molar-refractivity contribution in [2.24, 2.45) is 0 Å². The van der Waals surface area contributed by atoms with Crippen LogP contribution in [0.2, 0.25) is 0 Å². The van der Waals surface area contributed by atoms with Crippen LogP contribution in [0.25, 0.3) is 10.3 Å². The fourth-order valence-electron chi connectivity index (χ4n) is 1.08. The van der Waals surface area contributed by atoms with Crippen molar-refractivity contribution in [3.05, 3.63) is 33.5 Å². The molecule has 0 fully saturated rings. The summed E-state index contributed by atoms with van der Waals surface area (Å²) in [5.74, 6) is 0. The largest absolute Gasteiger partial charge is 0.414 e. The molecule has 0 saturated carbocycles. The Hall–Kier alpha value is -1.13. The summed E-state index contributed by atoms with van der Waals surface area (Å²) in [6.07, 6.45) is 0. The van der Waals surface area contributed by atoms with Crippen molar-refractivity contribution < 1.29 is 9.52 Å². The van der Waals surface area contributed by atoms with Crippen molar-refractivity contribution in [1.29, 1.82) is 0 Å². The summed E-state index contributed by atoms with van der Waals surface area (Å²) in [5.41, 5.74) is 1.17. The van der Waals surface area contributed by atoms with Crippen LogP contribution in [0, 0.1) is 0 Å². The zero-order valence-electron chi connectivity index (χ0n) is 6.11. The van der Waals surface area contributed by atoms with Gasteiger partial charge >= 0.3 is 4.94 Å². The first-order chi connectivity index (χ1) is 5.81. The topological polar surface area (TPSA) is 50.4 Å². The molecule has 1 heterocycles. The Bertz CT molecular complexity index is 455. The number of para-hydroxylation sites is 1. The fourth-order valence-corrected chi connectivity index (χ4v) is 1.79. The minimum Gasteiger partial charge on any atom is -0.414 e. The molecule has 3 nitrogen and oxygen atoms in total. The number of rotatable bonds is 1. The van der Waals surface area contributed by atoms with E-state index < -0.39 is 0 Å². The number of benzene rings is 1. The highest BCUT2D eigenvalue weighted by Gasteiger charge is 2.05. The Labute approximate surface area is 71.9 Å². The smallest absolute Gasteiger partial charge is 0.396 e. The lowest BCUT2D eigenvalue weighted by atomic mass is 10.2. The van der Waals surface area contributed by atoms with Gasteiger partial charge in [-0.15, -0.1) is 0 Å². The van der Waals surface area contributed by atoms with Gasteiger partial charge in [-0.1, -0.05) is 23.5 Å². The van der Waals surface area contributed by atoms with Gasteiger partial charge in [0, 0.05) is 5.56 Å². The van der Waals surface area contributed by atoms with E-state index >= 15 is 0 Å². The molecule has 4 heteroatoms. The Morgan fingerprint density at radius 2 is 2.33 bits per heavy atom. The van der Waals surface area contributed by atoms with E-state index in [0.29, 0.717) is 11.1 Å². The molecule has 0 aliphatic carbocycles. The van der Waals surface area contributed by atoms with Gasteiger partial charge in [-0.3, -0.25) is 0 Å². The molecule has 0 spiro atoms. The van der Waals surface area contributed by atoms with Gasteiger partial charge in [0.2, 0.25) is 0 Å². The van der Waals surface area contributed by atoms with Crippen LogP contribution < -0.4 is 4.94 Å². The minimum atomic E-state index is -0.328. The quantitative estimate of drug-likeness (QED) is 0.724. The van der Waals surface area contributed by atoms with E-state index in [9.17, 15) is 4.79 Å². The van der Waals surface area contributed by atoms with Crippen molar-refractivity contribution in [3.8, 4) is 0 Å². The third-order valence-electron chi connectivity index (χ3n) is 1.61. The molecular weight excluding hydrogens is 176 g/mol. The molecule has 1 N–H and O–H groups in total. The fraction of sp³-hybridized carbons (Fsp3) is 0.125. The highest BCUT2D eigenvalue weighted by molar-refractivity contribution is 7.16. The maximum atomic E-state index is 10.8. The van der Waals surface area contributed by atoms with Gasteiger partial charge in [-0.25, -0.2) is 4.79 Å². The first-order valence-electron chi connectivity index (χ1n) is 3.43. The molecule has 0 radical (unpaired) electrons. The number of fused-ring (bicyclic) bond motifs is 1. The predicted molar refractivity (Wildman–Crippen MR) is 46.3 cm³/mol. The van der Waals surface area contributed by atoms with E-state index in [-0.39, 0.29) is 11.5 Å². The summed E-state index contributed by atoms with van der Waals surface area (Å²) in [7, 11) is 0. The van der Waals surface area contributed by atoms with E-state index in [0.717, 1.165) is 16.0 Å². The molecule has 2 rings (SSSR count). The average molecular weight is 182 g/mol. The second-order valence-corrected chi connectivity index (χ2v) is 3.33. The van der Waals surface area contributed by atoms with Gasteiger partial charge in [0.25, 0.3) is 0 Å². The standard InChI is InChI=1S/C8H6O3S/c9-4-5-2-1-3-6-7(5)11-8(10)12-6/h1-3,9H,4H2. The summed E-state index contributed by atoms with van der Waals surface area (Å²) in [5, 5.41) is 8.89. The monoisotopic (exact) mass is 182 g/mol. The molecule has 0 saturated heterocycles. The predicted octanol–water partition coefficient (Wildman–Crippen LogP) is 1.35. The van der Waals surface area contributed by atoms with Crippen LogP contribution in [0.15, 0.2) is 27.4 Å². The molecule has 12 heavy (non-hydrogen) atoms. The SMILES string of the molecule is O=c1oc2c(CO)cccc2s1. The van der Waals surface area contributed by atoms with Crippen molar-refractivity contribution in [2.45, 2.75) is 6.61 Å². The third kappa shape index (κ3) is 1.05. The van der Waals surface area contributed by atoms with E-state index in [1.165, 1.54) is 0 Å². The van der Waals surface area contributed by atoms with Crippen LogP contribution in [0.5, 0.6) is 0 Å². The average Bonchev–Trinajstić information content (AvgIpc) is 2.44. The van der Waals surface area contributed by atoms with Crippen LogP contribution in [-0.2, 0) is 6.61 Å². The lowest BCUT2D eigenvalue weighted by molar-refractivity contribution is 0.281. The van der Waals surface area contributed by atoms with Gasteiger partial charge in [0.15, 0.2) is 5.58 Å². The second kappa shape index (κ2) is 2.73. The Morgan fingerprint density at radius 3 is 3.08 bits per heavy atom. The molecule has 1 aromatic heterocycles. The molecule has 0 aliphatic heterocycles. The van der Waals surface area contributed by atoms with Gasteiger partial charge in [-0.05, 0) is 6.07 Å². The first-order valence-corrected chi connectivity index (χ1v) is 4.25. The number of hydrogen-bond donors (Lipinski definition) is 1. The van der Waals surface area contributed by atoms with Gasteiger partial charge in [0.05, 0.1) is 11.3 Å². The molecule has 2 aromatic rings. The number of aliphatic hydroxyl groups is 1. The molecule has 0 atom stereocenters. The highest BCUT2D eigenvalue weighted by Crippen LogP contribution is 2.20. The lowest BCUT2D eigenvalue weighted by Gasteiger charge is -1.93. The maximum absolute atomic E-state index is 10.8. The van der Waals surface area contributed by atoms with Crippen LogP contribution >= 0.6 is 11.3 Å².